The van der Waals surface area contributed by atoms with Crippen molar-refractivity contribution in [2.24, 2.45) is 0 Å². The number of carbonyl (C=O) groups is 2. The topological polar surface area (TPSA) is 96.5 Å². The first-order valence-electron chi connectivity index (χ1n) is 10.5. The van der Waals surface area contributed by atoms with Gasteiger partial charge in [-0.05, 0) is 50.5 Å². The normalized spacial score (nSPS) is 18.2. The maximum absolute atomic E-state index is 12.8. The molecule has 2 N–H and O–H groups in total. The molecule has 0 bridgehead atoms. The van der Waals surface area contributed by atoms with E-state index in [0.717, 1.165) is 24.8 Å². The SMILES string of the molecule is CCC(=O)Nc1ccc(C(=O)N2CCC(Nc3ncc(C)c(OC4CC4)n3)C2)cc1. The highest BCUT2D eigenvalue weighted by Crippen LogP contribution is 2.28. The summed E-state index contributed by atoms with van der Waals surface area (Å²) in [6.07, 6.45) is 5.46. The molecule has 2 amide bonds. The van der Waals surface area contributed by atoms with E-state index in [1.165, 1.54) is 0 Å². The van der Waals surface area contributed by atoms with Gasteiger partial charge < -0.3 is 20.3 Å². The van der Waals surface area contributed by atoms with Gasteiger partial charge in [0, 0.05) is 48.6 Å². The summed E-state index contributed by atoms with van der Waals surface area (Å²) < 4.78 is 5.84. The van der Waals surface area contributed by atoms with Gasteiger partial charge in [0.15, 0.2) is 0 Å². The van der Waals surface area contributed by atoms with Crippen molar-refractivity contribution in [3.05, 3.63) is 41.6 Å². The van der Waals surface area contributed by atoms with Crippen LogP contribution in [0.4, 0.5) is 11.6 Å². The van der Waals surface area contributed by atoms with Crippen molar-refractivity contribution < 1.29 is 14.3 Å². The highest BCUT2D eigenvalue weighted by molar-refractivity contribution is 5.96. The Morgan fingerprint density at radius 2 is 1.97 bits per heavy atom. The Morgan fingerprint density at radius 3 is 2.67 bits per heavy atom. The first-order valence-corrected chi connectivity index (χ1v) is 10.5. The molecule has 158 valence electrons. The molecule has 30 heavy (non-hydrogen) atoms. The van der Waals surface area contributed by atoms with Gasteiger partial charge in [-0.1, -0.05) is 6.92 Å². The number of benzene rings is 1. The largest absolute Gasteiger partial charge is 0.474 e. The molecule has 1 aromatic carbocycles. The molecule has 1 saturated carbocycles. The van der Waals surface area contributed by atoms with Gasteiger partial charge in [-0.25, -0.2) is 4.98 Å². The van der Waals surface area contributed by atoms with Gasteiger partial charge in [0.25, 0.3) is 5.91 Å². The van der Waals surface area contributed by atoms with Crippen molar-refractivity contribution in [1.29, 1.82) is 0 Å². The Labute approximate surface area is 176 Å². The second-order valence-corrected chi connectivity index (χ2v) is 7.86. The van der Waals surface area contributed by atoms with Crippen molar-refractivity contribution in [2.45, 2.75) is 51.7 Å². The van der Waals surface area contributed by atoms with E-state index < -0.39 is 0 Å². The van der Waals surface area contributed by atoms with Crippen molar-refractivity contribution in [1.82, 2.24) is 14.9 Å². The molecule has 0 radical (unpaired) electrons. The maximum Gasteiger partial charge on any atom is 0.253 e. The molecule has 1 aliphatic heterocycles. The predicted molar refractivity (Wildman–Crippen MR) is 114 cm³/mol. The summed E-state index contributed by atoms with van der Waals surface area (Å²) in [5, 5.41) is 6.12. The molecule has 4 rings (SSSR count). The predicted octanol–water partition coefficient (Wildman–Crippen LogP) is 3.00. The van der Waals surface area contributed by atoms with E-state index in [4.69, 9.17) is 4.74 Å². The van der Waals surface area contributed by atoms with Crippen LogP contribution in [-0.2, 0) is 4.79 Å². The van der Waals surface area contributed by atoms with Crippen LogP contribution in [0.25, 0.3) is 0 Å². The number of carbonyl (C=O) groups excluding carboxylic acids is 2. The fraction of sp³-hybridized carbons (Fsp3) is 0.455. The fourth-order valence-corrected chi connectivity index (χ4v) is 3.33. The Kier molecular flexibility index (Phi) is 5.83. The Balaban J connectivity index is 1.33. The van der Waals surface area contributed by atoms with Gasteiger partial charge in [0.05, 0.1) is 0 Å². The van der Waals surface area contributed by atoms with Gasteiger partial charge in [0.2, 0.25) is 17.7 Å². The fourth-order valence-electron chi connectivity index (χ4n) is 3.33. The summed E-state index contributed by atoms with van der Waals surface area (Å²) in [5.74, 6) is 1.10. The minimum Gasteiger partial charge on any atom is -0.474 e. The summed E-state index contributed by atoms with van der Waals surface area (Å²) in [5.41, 5.74) is 2.23. The lowest BCUT2D eigenvalue weighted by Crippen LogP contribution is -2.31. The van der Waals surface area contributed by atoms with Crippen molar-refractivity contribution >= 4 is 23.5 Å². The Morgan fingerprint density at radius 1 is 1.20 bits per heavy atom. The minimum atomic E-state index is -0.0495. The third kappa shape index (κ3) is 4.87. The van der Waals surface area contributed by atoms with Crippen LogP contribution in [0.5, 0.6) is 5.88 Å². The van der Waals surface area contributed by atoms with Crippen LogP contribution in [0.3, 0.4) is 0 Å². The average Bonchev–Trinajstić information content (AvgIpc) is 3.45. The number of rotatable bonds is 7. The lowest BCUT2D eigenvalue weighted by Gasteiger charge is -2.18. The van der Waals surface area contributed by atoms with Gasteiger partial charge in [-0.15, -0.1) is 0 Å². The Hall–Kier alpha value is -3.16. The zero-order valence-corrected chi connectivity index (χ0v) is 17.4. The van der Waals surface area contributed by atoms with E-state index in [1.807, 2.05) is 11.8 Å². The molecular weight excluding hydrogens is 382 g/mol. The average molecular weight is 409 g/mol. The number of likely N-dealkylation sites (tertiary alicyclic amines) is 1. The molecule has 8 heteroatoms. The smallest absolute Gasteiger partial charge is 0.253 e. The molecular formula is C22H27N5O3. The first kappa shape index (κ1) is 20.1. The lowest BCUT2D eigenvalue weighted by molar-refractivity contribution is -0.115. The lowest BCUT2D eigenvalue weighted by atomic mass is 10.2. The molecule has 2 heterocycles. The third-order valence-corrected chi connectivity index (χ3v) is 5.27. The monoisotopic (exact) mass is 409 g/mol. The van der Waals surface area contributed by atoms with Crippen LogP contribution in [0, 0.1) is 6.92 Å². The zero-order chi connectivity index (χ0) is 21.1. The Bertz CT molecular complexity index is 927. The zero-order valence-electron chi connectivity index (χ0n) is 17.4. The van der Waals surface area contributed by atoms with E-state index in [2.05, 4.69) is 20.6 Å². The number of ether oxygens (including phenoxy) is 1. The van der Waals surface area contributed by atoms with E-state index in [0.29, 0.717) is 42.6 Å². The number of aromatic nitrogens is 2. The molecule has 1 atom stereocenters. The summed E-state index contributed by atoms with van der Waals surface area (Å²) in [6.45, 7) is 5.00. The van der Waals surface area contributed by atoms with Crippen LogP contribution in [-0.4, -0.2) is 51.9 Å². The number of aryl methyl sites for hydroxylation is 1. The number of amides is 2. The van der Waals surface area contributed by atoms with Crippen molar-refractivity contribution in [3.8, 4) is 5.88 Å². The molecule has 2 aromatic rings. The molecule has 2 fully saturated rings. The second kappa shape index (κ2) is 8.69. The second-order valence-electron chi connectivity index (χ2n) is 7.86. The molecule has 1 unspecified atom stereocenters. The third-order valence-electron chi connectivity index (χ3n) is 5.27. The first-order chi connectivity index (χ1) is 14.5. The molecule has 0 spiro atoms. The standard InChI is InChI=1S/C22H27N5O3/c1-3-19(28)24-16-6-4-15(5-7-16)21(29)27-11-10-17(13-27)25-22-23-12-14(2)20(26-22)30-18-8-9-18/h4-7,12,17-18H,3,8-11,13H2,1-2H3,(H,24,28)(H,23,25,26). The van der Waals surface area contributed by atoms with E-state index in [9.17, 15) is 9.59 Å². The number of hydrogen-bond donors (Lipinski definition) is 2. The molecule has 8 nitrogen and oxygen atoms in total. The molecule has 2 aliphatic rings. The van der Waals surface area contributed by atoms with Crippen LogP contribution in [0.2, 0.25) is 0 Å². The van der Waals surface area contributed by atoms with E-state index >= 15 is 0 Å². The van der Waals surface area contributed by atoms with Crippen LogP contribution < -0.4 is 15.4 Å². The van der Waals surface area contributed by atoms with E-state index in [1.54, 1.807) is 37.4 Å². The van der Waals surface area contributed by atoms with Crippen molar-refractivity contribution in [2.75, 3.05) is 23.7 Å². The maximum atomic E-state index is 12.8. The number of nitrogens with one attached hydrogen (secondary N) is 2. The van der Waals surface area contributed by atoms with Gasteiger partial charge >= 0.3 is 0 Å². The minimum absolute atomic E-state index is 0.0183. The summed E-state index contributed by atoms with van der Waals surface area (Å²) >= 11 is 0. The highest BCUT2D eigenvalue weighted by atomic mass is 16.5. The van der Waals surface area contributed by atoms with Crippen LogP contribution in [0.15, 0.2) is 30.5 Å². The van der Waals surface area contributed by atoms with E-state index in [-0.39, 0.29) is 24.0 Å². The van der Waals surface area contributed by atoms with Crippen LogP contribution in [0.1, 0.15) is 48.5 Å². The highest BCUT2D eigenvalue weighted by Gasteiger charge is 2.28. The quantitative estimate of drug-likeness (QED) is 0.730. The van der Waals surface area contributed by atoms with Gasteiger partial charge in [0.1, 0.15) is 6.10 Å². The summed E-state index contributed by atoms with van der Waals surface area (Å²) in [6, 6.07) is 7.11. The molecule has 1 aromatic heterocycles. The van der Waals surface area contributed by atoms with Crippen molar-refractivity contribution in [3.63, 3.8) is 0 Å². The number of hydrogen-bond acceptors (Lipinski definition) is 6. The van der Waals surface area contributed by atoms with Crippen LogP contribution >= 0.6 is 0 Å². The number of anilines is 2. The number of nitrogens with zero attached hydrogens (tertiary/aromatic N) is 3. The molecule has 1 saturated heterocycles. The van der Waals surface area contributed by atoms with Gasteiger partial charge in [-0.2, -0.15) is 4.98 Å². The molecule has 1 aliphatic carbocycles. The summed E-state index contributed by atoms with van der Waals surface area (Å²) in [4.78, 5) is 35.0. The van der Waals surface area contributed by atoms with Gasteiger partial charge in [-0.3, -0.25) is 9.59 Å². The summed E-state index contributed by atoms with van der Waals surface area (Å²) in [7, 11) is 0.